The summed E-state index contributed by atoms with van der Waals surface area (Å²) in [6.07, 6.45) is 0. The Bertz CT molecular complexity index is 9830. The number of rotatable bonds is 14. The predicted octanol–water partition coefficient (Wildman–Crippen LogP) is 36.0. The summed E-state index contributed by atoms with van der Waals surface area (Å²) in [5.41, 5.74) is 45.0. The summed E-state index contributed by atoms with van der Waals surface area (Å²) in [7, 11) is 0. The molecule has 3 aliphatic carbocycles. The van der Waals surface area contributed by atoms with E-state index in [9.17, 15) is 0 Å². The number of nitrogens with zero attached hydrogens (tertiary/aromatic N) is 9. The topological polar surface area (TPSA) is 92.1 Å². The summed E-state index contributed by atoms with van der Waals surface area (Å²) in [4.78, 5) is 32.0. The van der Waals surface area contributed by atoms with Gasteiger partial charge in [-0.15, -0.1) is 0 Å². The Morgan fingerprint density at radius 1 is 0.147 bits per heavy atom. The molecular weight excluding hydrogens is 1820 g/mol. The van der Waals surface area contributed by atoms with Crippen LogP contribution in [0.3, 0.4) is 0 Å². The number of benzene rings is 20. The molecule has 9 nitrogen and oxygen atoms in total. The van der Waals surface area contributed by atoms with E-state index in [1.165, 1.54) is 155 Å². The summed E-state index contributed by atoms with van der Waals surface area (Å²) in [5.74, 6) is 2.23. The monoisotopic (exact) mass is 1920 g/mol. The van der Waals surface area contributed by atoms with E-state index < -0.39 is 0 Å². The van der Waals surface area contributed by atoms with Crippen molar-refractivity contribution in [2.45, 2.75) is 57.8 Å². The highest BCUT2D eigenvalue weighted by Crippen LogP contribution is 2.57. The summed E-state index contributed by atoms with van der Waals surface area (Å²) < 4.78 is 7.09. The largest absolute Gasteiger partial charge is 0.309 e. The molecule has 0 N–H and O–H groups in total. The Kier molecular flexibility index (Phi) is 21.8. The zero-order valence-electron chi connectivity index (χ0n) is 83.9. The Labute approximate surface area is 871 Å². The quantitative estimate of drug-likeness (QED) is 0.108. The third kappa shape index (κ3) is 15.3. The molecule has 6 heterocycles. The molecule has 710 valence electrons. The van der Waals surface area contributed by atoms with Gasteiger partial charge < -0.3 is 13.7 Å². The SMILES string of the molecule is CC1(C)c2ccccc2-c2nc(-c3ccc(-c4ccccc4)cc3)nc(-c3cccc(-c4ccc5c(c4)c4ccccc4n5-c4ccccc4)c3)c21.CC1(C)c2ccccc2-c2nc(-c3cccc(-c4ccccc4)c3)nc(-c3cccc(-c4ccc5c(c4)c4ccccc4n5-c4ccccc4)c3)c21.CC1(C)c2ccccc2-c2nc(-c3ccccc3)nc(-c3cccc(-c4ccc5c(c4)c4ccccc4n5-c4ccccc4)c3)c21. The van der Waals surface area contributed by atoms with Gasteiger partial charge in [0.1, 0.15) is 0 Å². The Hall–Kier alpha value is -19.0. The molecule has 26 aromatic rings. The van der Waals surface area contributed by atoms with E-state index in [4.69, 9.17) is 29.9 Å². The van der Waals surface area contributed by atoms with Crippen molar-refractivity contribution in [3.05, 3.63) is 537 Å². The molecule has 0 fully saturated rings. The van der Waals surface area contributed by atoms with Crippen LogP contribution in [0.5, 0.6) is 0 Å². The molecule has 0 saturated carbocycles. The maximum absolute atomic E-state index is 5.45. The first-order valence-corrected chi connectivity index (χ1v) is 51.7. The Balaban J connectivity index is 0.000000111. The third-order valence-electron chi connectivity index (χ3n) is 31.1. The van der Waals surface area contributed by atoms with Gasteiger partial charge in [-0.05, 0) is 188 Å². The van der Waals surface area contributed by atoms with Crippen molar-refractivity contribution in [2.24, 2.45) is 0 Å². The molecule has 0 bridgehead atoms. The van der Waals surface area contributed by atoms with Gasteiger partial charge in [-0.25, -0.2) is 29.9 Å². The second kappa shape index (κ2) is 36.4. The van der Waals surface area contributed by atoms with Crippen molar-refractivity contribution >= 4 is 65.4 Å². The van der Waals surface area contributed by atoms with Gasteiger partial charge in [0.15, 0.2) is 17.5 Å². The molecule has 3 aliphatic rings. The lowest BCUT2D eigenvalue weighted by atomic mass is 9.80. The molecule has 20 aromatic carbocycles. The van der Waals surface area contributed by atoms with Crippen molar-refractivity contribution in [2.75, 3.05) is 0 Å². The summed E-state index contributed by atoms with van der Waals surface area (Å²) in [5, 5.41) is 7.46. The third-order valence-corrected chi connectivity index (χ3v) is 31.1. The average Bonchev–Trinajstić information content (AvgIpc) is 1.56. The van der Waals surface area contributed by atoms with Gasteiger partial charge in [0, 0.05) is 132 Å². The molecule has 0 amide bonds. The molecule has 29 rings (SSSR count). The summed E-state index contributed by atoms with van der Waals surface area (Å²) >= 11 is 0. The highest BCUT2D eigenvalue weighted by molar-refractivity contribution is 6.14. The lowest BCUT2D eigenvalue weighted by Gasteiger charge is -2.24. The number of para-hydroxylation sites is 6. The zero-order chi connectivity index (χ0) is 100. The maximum Gasteiger partial charge on any atom is 0.160 e. The standard InChI is InChI=1S/2C49H35N3.C43H31N3/c1-49(2)42-25-11-9-24-40(42)47-45(49)46(50-48(51-47)37-20-14-17-33(30-37)32-15-5-3-6-16-32)36-19-13-18-34(29-36)35-27-28-44-41(31-35)39-23-10-12-26-43(39)52(44)38-21-7-4-8-22-38;1-49(2)42-22-11-9-21-40(42)47-45(49)46(50-48(51-47)34-26-24-33(25-27-34)32-14-5-3-6-15-32)37-17-13-16-35(30-37)36-28-29-44-41(31-36)39-20-10-12-23-43(39)52(44)38-18-7-4-8-19-38;1-43(2)36-22-11-9-21-34(36)41-39(43)40(44-42(45-41)28-14-5-3-6-15-28)31-17-13-16-29(26-31)30-24-25-38-35(27-30)33-20-10-12-23-37(33)46(38)32-18-7-4-8-19-32/h2*3-31H,1-2H3;3-27H,1-2H3. The number of aromatic nitrogens is 9. The van der Waals surface area contributed by atoms with Gasteiger partial charge in [0.05, 0.1) is 67.3 Å². The van der Waals surface area contributed by atoms with Gasteiger partial charge in [-0.2, -0.15) is 0 Å². The molecule has 150 heavy (non-hydrogen) atoms. The number of fused-ring (bicyclic) bond motifs is 18. The molecule has 0 radical (unpaired) electrons. The first-order chi connectivity index (χ1) is 73.7. The van der Waals surface area contributed by atoms with E-state index in [-0.39, 0.29) is 16.2 Å². The van der Waals surface area contributed by atoms with E-state index in [2.05, 4.69) is 553 Å². The minimum atomic E-state index is -0.264. The van der Waals surface area contributed by atoms with Crippen LogP contribution in [-0.4, -0.2) is 43.6 Å². The Morgan fingerprint density at radius 2 is 0.353 bits per heavy atom. The fraction of sp³-hybridized carbons (Fsp3) is 0.0638. The van der Waals surface area contributed by atoms with Crippen LogP contribution >= 0.6 is 0 Å². The number of hydrogen-bond acceptors (Lipinski definition) is 6. The second-order valence-electron chi connectivity index (χ2n) is 41.1. The van der Waals surface area contributed by atoms with E-state index in [1.807, 2.05) is 6.07 Å². The van der Waals surface area contributed by atoms with Crippen LogP contribution in [0, 0.1) is 0 Å². The van der Waals surface area contributed by atoms with Crippen LogP contribution < -0.4 is 0 Å². The first kappa shape index (κ1) is 89.9. The van der Waals surface area contributed by atoms with Crippen molar-refractivity contribution in [3.8, 4) is 174 Å². The Morgan fingerprint density at radius 3 is 0.693 bits per heavy atom. The zero-order valence-corrected chi connectivity index (χ0v) is 83.9. The second-order valence-corrected chi connectivity index (χ2v) is 41.1. The van der Waals surface area contributed by atoms with Gasteiger partial charge in [0.2, 0.25) is 0 Å². The van der Waals surface area contributed by atoms with E-state index in [0.29, 0.717) is 0 Å². The molecule has 6 aromatic heterocycles. The van der Waals surface area contributed by atoms with E-state index in [0.717, 1.165) is 119 Å². The van der Waals surface area contributed by atoms with Crippen molar-refractivity contribution in [1.29, 1.82) is 0 Å². The first-order valence-electron chi connectivity index (χ1n) is 51.7. The minimum Gasteiger partial charge on any atom is -0.309 e. The van der Waals surface area contributed by atoms with Crippen LogP contribution in [0.25, 0.3) is 240 Å². The lowest BCUT2D eigenvalue weighted by Crippen LogP contribution is -2.17. The minimum absolute atomic E-state index is 0.231. The van der Waals surface area contributed by atoms with Gasteiger partial charge in [-0.1, -0.05) is 430 Å². The smallest absolute Gasteiger partial charge is 0.160 e. The fourth-order valence-electron chi connectivity index (χ4n) is 23.9. The maximum atomic E-state index is 5.45. The normalized spacial score (nSPS) is 13.0. The van der Waals surface area contributed by atoms with Crippen LogP contribution in [0.1, 0.15) is 74.9 Å². The van der Waals surface area contributed by atoms with Crippen LogP contribution in [0.15, 0.2) is 504 Å². The summed E-state index contributed by atoms with van der Waals surface area (Å²) in [6.45, 7) is 13.8. The molecule has 0 spiro atoms. The van der Waals surface area contributed by atoms with Crippen LogP contribution in [0.2, 0.25) is 0 Å². The summed E-state index contributed by atoms with van der Waals surface area (Å²) in [6, 6.07) is 180. The van der Waals surface area contributed by atoms with Crippen molar-refractivity contribution in [1.82, 2.24) is 43.6 Å². The number of hydrogen-bond donors (Lipinski definition) is 0. The average molecular weight is 1920 g/mol. The molecule has 0 unspecified atom stereocenters. The van der Waals surface area contributed by atoms with Gasteiger partial charge in [0.25, 0.3) is 0 Å². The van der Waals surface area contributed by atoms with Gasteiger partial charge >= 0.3 is 0 Å². The molecular formula is C141H101N9. The van der Waals surface area contributed by atoms with Crippen molar-refractivity contribution in [3.63, 3.8) is 0 Å². The van der Waals surface area contributed by atoms with Crippen LogP contribution in [-0.2, 0) is 16.2 Å². The fourth-order valence-corrected chi connectivity index (χ4v) is 23.9. The highest BCUT2D eigenvalue weighted by atomic mass is 15.0. The molecule has 0 saturated heterocycles. The molecule has 9 heteroatoms. The van der Waals surface area contributed by atoms with E-state index >= 15 is 0 Å². The predicted molar refractivity (Wildman–Crippen MR) is 622 cm³/mol. The van der Waals surface area contributed by atoms with Crippen LogP contribution in [0.4, 0.5) is 0 Å². The van der Waals surface area contributed by atoms with Gasteiger partial charge in [-0.3, -0.25) is 0 Å². The highest BCUT2D eigenvalue weighted by Gasteiger charge is 2.44. The molecule has 0 atom stereocenters. The van der Waals surface area contributed by atoms with Crippen molar-refractivity contribution < 1.29 is 0 Å². The molecule has 0 aliphatic heterocycles. The lowest BCUT2D eigenvalue weighted by molar-refractivity contribution is 0.657. The van der Waals surface area contributed by atoms with E-state index in [1.54, 1.807) is 0 Å².